The number of halogens is 4. The quantitative estimate of drug-likeness (QED) is 0.324. The smallest absolute Gasteiger partial charge is 0.417 e. The summed E-state index contributed by atoms with van der Waals surface area (Å²) in [6.45, 7) is 0. The molecule has 11 heteroatoms. The first kappa shape index (κ1) is 23.1. The summed E-state index contributed by atoms with van der Waals surface area (Å²) < 4.78 is 49.8. The van der Waals surface area contributed by atoms with Crippen LogP contribution in [0.3, 0.4) is 0 Å². The first-order valence-electron chi connectivity index (χ1n) is 9.75. The normalized spacial score (nSPS) is 11.2. The number of hydrogen-bond donors (Lipinski definition) is 2. The minimum absolute atomic E-state index is 0.0507. The third-order valence-corrected chi connectivity index (χ3v) is 4.91. The van der Waals surface area contributed by atoms with Crippen molar-refractivity contribution in [1.29, 1.82) is 0 Å². The molecule has 0 saturated carbocycles. The molecule has 4 rings (SSSR count). The zero-order chi connectivity index (χ0) is 24.3. The number of aromatic nitrogens is 2. The van der Waals surface area contributed by atoms with E-state index in [-0.39, 0.29) is 5.69 Å². The van der Waals surface area contributed by atoms with Gasteiger partial charge in [0.25, 0.3) is 0 Å². The summed E-state index contributed by atoms with van der Waals surface area (Å²) >= 11 is 5.59. The fourth-order valence-corrected chi connectivity index (χ4v) is 3.22. The van der Waals surface area contributed by atoms with Gasteiger partial charge in [-0.2, -0.15) is 13.2 Å². The predicted molar refractivity (Wildman–Crippen MR) is 122 cm³/mol. The van der Waals surface area contributed by atoms with E-state index in [0.717, 1.165) is 12.1 Å². The Bertz CT molecular complexity index is 1350. The van der Waals surface area contributed by atoms with Crippen molar-refractivity contribution in [3.63, 3.8) is 0 Å². The topological polar surface area (TPSA) is 85.4 Å². The van der Waals surface area contributed by atoms with Crippen LogP contribution in [0.1, 0.15) is 5.56 Å². The molecule has 0 aliphatic carbocycles. The molecular weight excluding hydrogens is 473 g/mol. The molecule has 0 atom stereocenters. The Hall–Kier alpha value is -4.05. The van der Waals surface area contributed by atoms with Crippen molar-refractivity contribution < 1.29 is 27.4 Å². The average molecular weight is 489 g/mol. The molecule has 0 aliphatic heterocycles. The van der Waals surface area contributed by atoms with Gasteiger partial charge in [-0.05, 0) is 54.6 Å². The predicted octanol–water partition coefficient (Wildman–Crippen LogP) is 6.75. The average Bonchev–Trinajstić information content (AvgIpc) is 2.80. The van der Waals surface area contributed by atoms with Crippen molar-refractivity contribution >= 4 is 40.0 Å². The van der Waals surface area contributed by atoms with E-state index in [1.807, 2.05) is 0 Å². The Morgan fingerprint density at radius 1 is 0.912 bits per heavy atom. The Kier molecular flexibility index (Phi) is 6.42. The van der Waals surface area contributed by atoms with Crippen molar-refractivity contribution in [2.75, 3.05) is 17.7 Å². The maximum atomic E-state index is 13.0. The van der Waals surface area contributed by atoms with Crippen LogP contribution < -0.4 is 20.1 Å². The number of hydrogen-bond acceptors (Lipinski definition) is 5. The second kappa shape index (κ2) is 9.44. The Labute approximate surface area is 196 Å². The third-order valence-electron chi connectivity index (χ3n) is 4.58. The number of fused-ring (bicyclic) bond motifs is 1. The highest BCUT2D eigenvalue weighted by atomic mass is 35.5. The highest BCUT2D eigenvalue weighted by Crippen LogP contribution is 2.36. The van der Waals surface area contributed by atoms with Gasteiger partial charge < -0.3 is 20.1 Å². The number of carbonyl (C=O) groups excluding carboxylic acids is 1. The molecule has 0 bridgehead atoms. The van der Waals surface area contributed by atoms with Crippen molar-refractivity contribution in [3.8, 4) is 17.4 Å². The molecule has 7 nitrogen and oxygen atoms in total. The van der Waals surface area contributed by atoms with Crippen molar-refractivity contribution in [1.82, 2.24) is 9.97 Å². The van der Waals surface area contributed by atoms with E-state index in [9.17, 15) is 18.0 Å². The molecule has 2 N–H and O–H groups in total. The Morgan fingerprint density at radius 2 is 1.59 bits per heavy atom. The number of urea groups is 1. The fraction of sp³-hybridized carbons (Fsp3) is 0.0870. The monoisotopic (exact) mass is 488 g/mol. The number of benzene rings is 3. The summed E-state index contributed by atoms with van der Waals surface area (Å²) in [4.78, 5) is 20.7. The van der Waals surface area contributed by atoms with Gasteiger partial charge in [-0.1, -0.05) is 11.6 Å². The van der Waals surface area contributed by atoms with Gasteiger partial charge in [-0.3, -0.25) is 0 Å². The lowest BCUT2D eigenvalue weighted by Gasteiger charge is -2.12. The molecule has 2 amide bonds. The molecule has 0 fully saturated rings. The molecule has 3 aromatic carbocycles. The second-order valence-electron chi connectivity index (χ2n) is 6.96. The van der Waals surface area contributed by atoms with Gasteiger partial charge in [0.05, 0.1) is 34.9 Å². The van der Waals surface area contributed by atoms with Crippen LogP contribution in [0.15, 0.2) is 66.9 Å². The van der Waals surface area contributed by atoms with E-state index in [4.69, 9.17) is 21.1 Å². The molecule has 0 unspecified atom stereocenters. The lowest BCUT2D eigenvalue weighted by atomic mass is 10.2. The molecule has 4 aromatic rings. The Balaban J connectivity index is 1.40. The lowest BCUT2D eigenvalue weighted by Crippen LogP contribution is -2.19. The van der Waals surface area contributed by atoms with Gasteiger partial charge in [0, 0.05) is 17.4 Å². The molecule has 0 spiro atoms. The standard InChI is InChI=1S/C23H16ClF3N4O3/c1-33-21-12-28-19-9-7-16(11-20(19)31-21)34-15-5-2-13(3-6-15)29-22(32)30-14-4-8-18(24)17(10-14)23(25,26)27/h2-12H,1H3,(H2,29,30,32). The number of nitrogens with one attached hydrogen (secondary N) is 2. The molecule has 34 heavy (non-hydrogen) atoms. The van der Waals surface area contributed by atoms with Crippen LogP contribution in [0.2, 0.25) is 5.02 Å². The molecule has 0 radical (unpaired) electrons. The van der Waals surface area contributed by atoms with Crippen LogP contribution in [-0.4, -0.2) is 23.1 Å². The molecule has 1 heterocycles. The first-order valence-corrected chi connectivity index (χ1v) is 10.1. The van der Waals surface area contributed by atoms with Crippen LogP contribution >= 0.6 is 11.6 Å². The van der Waals surface area contributed by atoms with Gasteiger partial charge >= 0.3 is 12.2 Å². The van der Waals surface area contributed by atoms with Gasteiger partial charge in [0.1, 0.15) is 11.5 Å². The van der Waals surface area contributed by atoms with Gasteiger partial charge in [0.15, 0.2) is 0 Å². The number of alkyl halides is 3. The third kappa shape index (κ3) is 5.46. The van der Waals surface area contributed by atoms with Gasteiger partial charge in [0.2, 0.25) is 5.88 Å². The van der Waals surface area contributed by atoms with Crippen LogP contribution in [0.4, 0.5) is 29.3 Å². The van der Waals surface area contributed by atoms with E-state index in [1.165, 1.54) is 19.4 Å². The summed E-state index contributed by atoms with van der Waals surface area (Å²) in [5, 5.41) is 4.43. The highest BCUT2D eigenvalue weighted by Gasteiger charge is 2.33. The molecular formula is C23H16ClF3N4O3. The minimum atomic E-state index is -4.63. The number of rotatable bonds is 5. The second-order valence-corrected chi connectivity index (χ2v) is 7.37. The number of carbonyl (C=O) groups is 1. The maximum absolute atomic E-state index is 13.0. The van der Waals surface area contributed by atoms with Crippen LogP contribution in [0.25, 0.3) is 11.0 Å². The van der Waals surface area contributed by atoms with Crippen LogP contribution in [-0.2, 0) is 6.18 Å². The van der Waals surface area contributed by atoms with Crippen LogP contribution in [0, 0.1) is 0 Å². The number of nitrogens with zero attached hydrogens (tertiary/aromatic N) is 2. The van der Waals surface area contributed by atoms with Crippen molar-refractivity contribution in [2.45, 2.75) is 6.18 Å². The van der Waals surface area contributed by atoms with Crippen molar-refractivity contribution in [2.24, 2.45) is 0 Å². The number of amides is 2. The fourth-order valence-electron chi connectivity index (χ4n) is 2.99. The van der Waals surface area contributed by atoms with E-state index in [1.54, 1.807) is 42.5 Å². The first-order chi connectivity index (χ1) is 16.2. The summed E-state index contributed by atoms with van der Waals surface area (Å²) in [7, 11) is 1.50. The number of methoxy groups -OCH3 is 1. The number of ether oxygens (including phenoxy) is 2. The molecule has 1 aromatic heterocycles. The number of anilines is 2. The maximum Gasteiger partial charge on any atom is 0.417 e. The lowest BCUT2D eigenvalue weighted by molar-refractivity contribution is -0.137. The van der Waals surface area contributed by atoms with E-state index in [2.05, 4.69) is 20.6 Å². The molecule has 0 saturated heterocycles. The van der Waals surface area contributed by atoms with E-state index in [0.29, 0.717) is 34.1 Å². The molecule has 174 valence electrons. The Morgan fingerprint density at radius 3 is 2.29 bits per heavy atom. The van der Waals surface area contributed by atoms with Gasteiger partial charge in [-0.25, -0.2) is 14.8 Å². The van der Waals surface area contributed by atoms with E-state index >= 15 is 0 Å². The van der Waals surface area contributed by atoms with E-state index < -0.39 is 22.8 Å². The zero-order valence-electron chi connectivity index (χ0n) is 17.5. The summed E-state index contributed by atoms with van der Waals surface area (Å²) in [5.74, 6) is 1.40. The minimum Gasteiger partial charge on any atom is -0.480 e. The van der Waals surface area contributed by atoms with Crippen molar-refractivity contribution in [3.05, 3.63) is 77.4 Å². The molecule has 0 aliphatic rings. The highest BCUT2D eigenvalue weighted by molar-refractivity contribution is 6.31. The summed E-state index contributed by atoms with van der Waals surface area (Å²) in [6.07, 6.45) is -3.11. The zero-order valence-corrected chi connectivity index (χ0v) is 18.2. The summed E-state index contributed by atoms with van der Waals surface area (Å²) in [5.41, 5.74) is 0.602. The largest absolute Gasteiger partial charge is 0.480 e. The summed E-state index contributed by atoms with van der Waals surface area (Å²) in [6, 6.07) is 14.0. The van der Waals surface area contributed by atoms with Crippen LogP contribution in [0.5, 0.6) is 17.4 Å². The van der Waals surface area contributed by atoms with Gasteiger partial charge in [-0.15, -0.1) is 0 Å². The SMILES string of the molecule is COc1cnc2ccc(Oc3ccc(NC(=O)Nc4ccc(Cl)c(C(F)(F)F)c4)cc3)cc2n1.